The Morgan fingerprint density at radius 2 is 2.09 bits per heavy atom. The summed E-state index contributed by atoms with van der Waals surface area (Å²) in [5.41, 5.74) is 1.02. The molecule has 0 aromatic heterocycles. The molecule has 0 atom stereocenters. The number of rotatable bonds is 0. The van der Waals surface area contributed by atoms with E-state index in [0.29, 0.717) is 5.75 Å². The largest absolute Gasteiger partial charge is 0.166 e. The molecular weight excluding hydrogens is 220 g/mol. The van der Waals surface area contributed by atoms with Gasteiger partial charge in [0, 0.05) is 10.0 Å². The van der Waals surface area contributed by atoms with Gasteiger partial charge in [-0.15, -0.1) is 0 Å². The predicted octanol–water partition coefficient (Wildman–Crippen LogP) is 2.73. The zero-order chi connectivity index (χ0) is 8.10. The van der Waals surface area contributed by atoms with Gasteiger partial charge in [0.05, 0.1) is 5.75 Å². The molecule has 11 heavy (non-hydrogen) atoms. The fraction of sp³-hybridized carbons (Fsp3) is 0.111. The van der Waals surface area contributed by atoms with Gasteiger partial charge in [-0.3, -0.25) is 0 Å². The van der Waals surface area contributed by atoms with Crippen LogP contribution in [0.5, 0.6) is 0 Å². The fourth-order valence-electron chi connectivity index (χ4n) is 0.697. The molecule has 1 rings (SSSR count). The van der Waals surface area contributed by atoms with Crippen molar-refractivity contribution in [2.45, 2.75) is 0 Å². The molecule has 1 aromatic carbocycles. The zero-order valence-electron chi connectivity index (χ0n) is 5.84. The van der Waals surface area contributed by atoms with Gasteiger partial charge in [-0.1, -0.05) is 24.0 Å². The van der Waals surface area contributed by atoms with E-state index in [1.54, 1.807) is 0 Å². The molecule has 0 amide bonds. The Labute approximate surface area is 80.5 Å². The first-order chi connectivity index (χ1) is 5.34. The molecule has 0 N–H and O–H groups in total. The smallest absolute Gasteiger partial charge is 0.0521 e. The molecule has 0 spiro atoms. The standard InChI is InChI=1S/C9H7BrS/c10-9-6-2-1-4-8(9)5-3-7-11/h1-2,4,6,11H,7H2. The van der Waals surface area contributed by atoms with E-state index in [0.717, 1.165) is 10.0 Å². The second-order valence-electron chi connectivity index (χ2n) is 1.94. The molecule has 0 saturated heterocycles. The van der Waals surface area contributed by atoms with E-state index in [1.165, 1.54) is 0 Å². The van der Waals surface area contributed by atoms with Gasteiger partial charge in [0.2, 0.25) is 0 Å². The maximum Gasteiger partial charge on any atom is 0.0521 e. The minimum absolute atomic E-state index is 0.599. The van der Waals surface area contributed by atoms with Crippen LogP contribution in [0.2, 0.25) is 0 Å². The highest BCUT2D eigenvalue weighted by molar-refractivity contribution is 9.10. The first-order valence-corrected chi connectivity index (χ1v) is 4.61. The van der Waals surface area contributed by atoms with Crippen LogP contribution in [0.3, 0.4) is 0 Å². The van der Waals surface area contributed by atoms with Crippen LogP contribution in [0.25, 0.3) is 0 Å². The van der Waals surface area contributed by atoms with Gasteiger partial charge in [0.15, 0.2) is 0 Å². The van der Waals surface area contributed by atoms with Crippen LogP contribution in [0.15, 0.2) is 28.7 Å². The Kier molecular flexibility index (Phi) is 3.55. The second kappa shape index (κ2) is 4.48. The summed E-state index contributed by atoms with van der Waals surface area (Å²) < 4.78 is 1.04. The molecule has 0 unspecified atom stereocenters. The molecule has 2 heteroatoms. The SMILES string of the molecule is SCC#Cc1ccccc1Br. The van der Waals surface area contributed by atoms with Crippen molar-refractivity contribution in [1.29, 1.82) is 0 Å². The van der Waals surface area contributed by atoms with Gasteiger partial charge in [-0.2, -0.15) is 12.6 Å². The lowest BCUT2D eigenvalue weighted by atomic mass is 10.2. The Morgan fingerprint density at radius 1 is 1.36 bits per heavy atom. The number of hydrogen-bond donors (Lipinski definition) is 1. The first kappa shape index (κ1) is 8.70. The van der Waals surface area contributed by atoms with E-state index in [4.69, 9.17) is 0 Å². The second-order valence-corrected chi connectivity index (χ2v) is 3.11. The average Bonchev–Trinajstić information content (AvgIpc) is 2.03. The predicted molar refractivity (Wildman–Crippen MR) is 54.9 cm³/mol. The van der Waals surface area contributed by atoms with Gasteiger partial charge in [-0.05, 0) is 28.1 Å². The monoisotopic (exact) mass is 226 g/mol. The van der Waals surface area contributed by atoms with Crippen molar-refractivity contribution in [1.82, 2.24) is 0 Å². The minimum atomic E-state index is 0.599. The van der Waals surface area contributed by atoms with E-state index in [-0.39, 0.29) is 0 Å². The summed E-state index contributed by atoms with van der Waals surface area (Å²) in [7, 11) is 0. The molecule has 56 valence electrons. The van der Waals surface area contributed by atoms with Gasteiger partial charge in [0.25, 0.3) is 0 Å². The van der Waals surface area contributed by atoms with Crippen molar-refractivity contribution in [3.05, 3.63) is 34.3 Å². The van der Waals surface area contributed by atoms with Crippen molar-refractivity contribution in [3.63, 3.8) is 0 Å². The fourth-order valence-corrected chi connectivity index (χ4v) is 1.16. The van der Waals surface area contributed by atoms with Gasteiger partial charge >= 0.3 is 0 Å². The van der Waals surface area contributed by atoms with Crippen LogP contribution in [0.1, 0.15) is 5.56 Å². The molecule has 0 radical (unpaired) electrons. The zero-order valence-corrected chi connectivity index (χ0v) is 8.32. The topological polar surface area (TPSA) is 0 Å². The summed E-state index contributed by atoms with van der Waals surface area (Å²) in [6, 6.07) is 7.88. The van der Waals surface area contributed by atoms with Crippen molar-refractivity contribution < 1.29 is 0 Å². The number of benzene rings is 1. The van der Waals surface area contributed by atoms with Crippen molar-refractivity contribution in [3.8, 4) is 11.8 Å². The van der Waals surface area contributed by atoms with Crippen LogP contribution in [-0.4, -0.2) is 5.75 Å². The van der Waals surface area contributed by atoms with Crippen LogP contribution >= 0.6 is 28.6 Å². The van der Waals surface area contributed by atoms with E-state index < -0.39 is 0 Å². The summed E-state index contributed by atoms with van der Waals surface area (Å²) in [6.45, 7) is 0. The van der Waals surface area contributed by atoms with E-state index >= 15 is 0 Å². The lowest BCUT2D eigenvalue weighted by Gasteiger charge is -1.91. The van der Waals surface area contributed by atoms with E-state index in [9.17, 15) is 0 Å². The average molecular weight is 227 g/mol. The van der Waals surface area contributed by atoms with Crippen LogP contribution < -0.4 is 0 Å². The van der Waals surface area contributed by atoms with E-state index in [2.05, 4.69) is 40.4 Å². The number of halogens is 1. The molecule has 0 aliphatic rings. The van der Waals surface area contributed by atoms with Gasteiger partial charge < -0.3 is 0 Å². The van der Waals surface area contributed by atoms with Crippen molar-refractivity contribution in [2.24, 2.45) is 0 Å². The van der Waals surface area contributed by atoms with Crippen molar-refractivity contribution >= 4 is 28.6 Å². The van der Waals surface area contributed by atoms with Crippen LogP contribution in [0.4, 0.5) is 0 Å². The molecular formula is C9H7BrS. The molecule has 0 fully saturated rings. The minimum Gasteiger partial charge on any atom is -0.166 e. The van der Waals surface area contributed by atoms with Gasteiger partial charge in [0.1, 0.15) is 0 Å². The lowest BCUT2D eigenvalue weighted by Crippen LogP contribution is -1.75. The van der Waals surface area contributed by atoms with Gasteiger partial charge in [-0.25, -0.2) is 0 Å². The quantitative estimate of drug-likeness (QED) is 0.511. The lowest BCUT2D eigenvalue weighted by molar-refractivity contribution is 1.59. The molecule has 0 nitrogen and oxygen atoms in total. The highest BCUT2D eigenvalue weighted by Crippen LogP contribution is 2.13. The molecule has 0 saturated carbocycles. The molecule has 1 aromatic rings. The molecule has 0 bridgehead atoms. The summed E-state index contributed by atoms with van der Waals surface area (Å²) in [6.07, 6.45) is 0. The number of thiol groups is 1. The van der Waals surface area contributed by atoms with Crippen LogP contribution in [0, 0.1) is 11.8 Å². The first-order valence-electron chi connectivity index (χ1n) is 3.19. The summed E-state index contributed by atoms with van der Waals surface area (Å²) in [5, 5.41) is 0. The summed E-state index contributed by atoms with van der Waals surface area (Å²) in [4.78, 5) is 0. The third-order valence-electron chi connectivity index (χ3n) is 1.18. The Balaban J connectivity index is 2.95. The Bertz CT molecular complexity index is 296. The Hall–Kier alpha value is -0.390. The third kappa shape index (κ3) is 2.61. The highest BCUT2D eigenvalue weighted by atomic mass is 79.9. The van der Waals surface area contributed by atoms with E-state index in [1.807, 2.05) is 24.3 Å². The molecule has 0 aliphatic carbocycles. The summed E-state index contributed by atoms with van der Waals surface area (Å²) in [5.74, 6) is 6.48. The van der Waals surface area contributed by atoms with Crippen molar-refractivity contribution in [2.75, 3.05) is 5.75 Å². The highest BCUT2D eigenvalue weighted by Gasteiger charge is 1.90. The molecule has 0 aliphatic heterocycles. The third-order valence-corrected chi connectivity index (χ3v) is 2.03. The Morgan fingerprint density at radius 3 is 2.73 bits per heavy atom. The van der Waals surface area contributed by atoms with Crippen LogP contribution in [-0.2, 0) is 0 Å². The summed E-state index contributed by atoms with van der Waals surface area (Å²) >= 11 is 7.40. The maximum atomic E-state index is 4.00. The molecule has 0 heterocycles. The maximum absolute atomic E-state index is 4.00. The normalized spacial score (nSPS) is 8.55. The number of hydrogen-bond acceptors (Lipinski definition) is 1.